The van der Waals surface area contributed by atoms with Gasteiger partial charge in [-0.2, -0.15) is 0 Å². The zero-order valence-corrected chi connectivity index (χ0v) is 10.6. The lowest BCUT2D eigenvalue weighted by Gasteiger charge is -2.14. The third-order valence-electron chi connectivity index (χ3n) is 3.12. The van der Waals surface area contributed by atoms with Crippen molar-refractivity contribution in [2.45, 2.75) is 32.4 Å². The maximum atomic E-state index is 13.8. The van der Waals surface area contributed by atoms with Gasteiger partial charge in [-0.1, -0.05) is 25.5 Å². The number of carbonyl (C=O) groups is 2. The summed E-state index contributed by atoms with van der Waals surface area (Å²) in [4.78, 5) is 24.7. The summed E-state index contributed by atoms with van der Waals surface area (Å²) in [5, 5.41) is 2.59. The number of benzene rings is 1. The van der Waals surface area contributed by atoms with Crippen LogP contribution >= 0.6 is 0 Å². The molecule has 1 aliphatic heterocycles. The van der Waals surface area contributed by atoms with Crippen molar-refractivity contribution in [1.29, 1.82) is 0 Å². The summed E-state index contributed by atoms with van der Waals surface area (Å²) in [5.74, 6) is -0.893. The minimum Gasteiger partial charge on any atom is -0.396 e. The van der Waals surface area contributed by atoms with Gasteiger partial charge in [-0.25, -0.2) is 9.18 Å². The molecule has 1 saturated heterocycles. The van der Waals surface area contributed by atoms with Crippen molar-refractivity contribution in [3.63, 3.8) is 0 Å². The smallest absolute Gasteiger partial charge is 0.325 e. The van der Waals surface area contributed by atoms with Gasteiger partial charge in [-0.3, -0.25) is 9.69 Å². The van der Waals surface area contributed by atoms with E-state index in [0.717, 1.165) is 11.3 Å². The Hall–Kier alpha value is -2.11. The summed E-state index contributed by atoms with van der Waals surface area (Å²) in [6.07, 6.45) is 1.37. The second kappa shape index (κ2) is 5.26. The number of nitrogens with zero attached hydrogens (tertiary/aromatic N) is 1. The molecule has 1 unspecified atom stereocenters. The summed E-state index contributed by atoms with van der Waals surface area (Å²) in [5.41, 5.74) is 5.71. The molecule has 1 heterocycles. The van der Waals surface area contributed by atoms with Gasteiger partial charge in [0.25, 0.3) is 5.91 Å². The molecule has 3 amide bonds. The number of urea groups is 1. The largest absolute Gasteiger partial charge is 0.396 e. The van der Waals surface area contributed by atoms with E-state index in [0.29, 0.717) is 6.42 Å². The minimum atomic E-state index is -0.581. The summed E-state index contributed by atoms with van der Waals surface area (Å²) in [6, 6.07) is 3.56. The Balaban J connectivity index is 2.17. The lowest BCUT2D eigenvalue weighted by molar-refractivity contribution is -0.128. The molecule has 1 aliphatic rings. The first-order chi connectivity index (χ1) is 9.04. The van der Waals surface area contributed by atoms with Gasteiger partial charge in [0.05, 0.1) is 12.2 Å². The molecule has 0 radical (unpaired) electrons. The van der Waals surface area contributed by atoms with Crippen LogP contribution in [0.2, 0.25) is 0 Å². The quantitative estimate of drug-likeness (QED) is 0.641. The van der Waals surface area contributed by atoms with E-state index in [1.54, 1.807) is 6.07 Å². The summed E-state index contributed by atoms with van der Waals surface area (Å²) < 4.78 is 13.8. The zero-order valence-electron chi connectivity index (χ0n) is 10.6. The van der Waals surface area contributed by atoms with Crippen LogP contribution in [0.4, 0.5) is 14.9 Å². The van der Waals surface area contributed by atoms with E-state index in [9.17, 15) is 14.0 Å². The zero-order chi connectivity index (χ0) is 14.0. The van der Waals surface area contributed by atoms with Gasteiger partial charge in [0.2, 0.25) is 0 Å². The number of halogens is 1. The van der Waals surface area contributed by atoms with Crippen LogP contribution in [0.5, 0.6) is 0 Å². The predicted molar refractivity (Wildman–Crippen MR) is 68.6 cm³/mol. The number of hydrogen-bond acceptors (Lipinski definition) is 3. The first-order valence-electron chi connectivity index (χ1n) is 6.19. The van der Waals surface area contributed by atoms with Crippen LogP contribution < -0.4 is 11.1 Å². The van der Waals surface area contributed by atoms with E-state index in [-0.39, 0.29) is 23.7 Å². The molecule has 1 fully saturated rings. The van der Waals surface area contributed by atoms with Crippen molar-refractivity contribution in [3.05, 3.63) is 29.6 Å². The van der Waals surface area contributed by atoms with Gasteiger partial charge in [0.15, 0.2) is 5.82 Å². The molecular formula is C13H16FN3O2. The van der Waals surface area contributed by atoms with Gasteiger partial charge in [0.1, 0.15) is 6.04 Å². The highest BCUT2D eigenvalue weighted by Crippen LogP contribution is 2.19. The number of nitrogen functional groups attached to an aromatic ring is 1. The molecule has 0 bridgehead atoms. The highest BCUT2D eigenvalue weighted by Gasteiger charge is 2.37. The molecule has 0 aliphatic carbocycles. The van der Waals surface area contributed by atoms with Crippen LogP contribution in [0, 0.1) is 5.82 Å². The Bertz CT molecular complexity index is 519. The molecule has 0 aromatic heterocycles. The molecule has 0 spiro atoms. The van der Waals surface area contributed by atoms with Crippen LogP contribution in [0.25, 0.3) is 0 Å². The molecule has 1 aromatic carbocycles. The maximum absolute atomic E-state index is 13.8. The number of rotatable bonds is 4. The van der Waals surface area contributed by atoms with Crippen LogP contribution in [0.15, 0.2) is 18.2 Å². The third kappa shape index (κ3) is 2.52. The second-order valence-electron chi connectivity index (χ2n) is 4.54. The highest BCUT2D eigenvalue weighted by molar-refractivity contribution is 6.04. The number of amides is 3. The molecule has 1 aromatic rings. The predicted octanol–water partition coefficient (Wildman–Crippen LogP) is 1.63. The Morgan fingerprint density at radius 3 is 2.84 bits per heavy atom. The van der Waals surface area contributed by atoms with Crippen LogP contribution in [-0.2, 0) is 11.3 Å². The van der Waals surface area contributed by atoms with Crippen LogP contribution in [0.3, 0.4) is 0 Å². The van der Waals surface area contributed by atoms with Crippen molar-refractivity contribution in [2.75, 3.05) is 5.73 Å². The number of imide groups is 1. The standard InChI is InChI=1S/C13H16FN3O2/c1-2-4-10-12(18)17(13(19)16-10)7-8-5-3-6-9(15)11(8)14/h3,5-6,10H,2,4,7,15H2,1H3,(H,16,19). The van der Waals surface area contributed by atoms with Gasteiger partial charge in [-0.15, -0.1) is 0 Å². The van der Waals surface area contributed by atoms with E-state index < -0.39 is 17.9 Å². The molecule has 3 N–H and O–H groups in total. The van der Waals surface area contributed by atoms with E-state index in [1.807, 2.05) is 6.92 Å². The summed E-state index contributed by atoms with van der Waals surface area (Å²) in [7, 11) is 0. The average molecular weight is 265 g/mol. The van der Waals surface area contributed by atoms with E-state index in [2.05, 4.69) is 5.32 Å². The van der Waals surface area contributed by atoms with Crippen molar-refractivity contribution in [3.8, 4) is 0 Å². The second-order valence-corrected chi connectivity index (χ2v) is 4.54. The number of anilines is 1. The van der Waals surface area contributed by atoms with Crippen molar-refractivity contribution < 1.29 is 14.0 Å². The minimum absolute atomic E-state index is 0.00895. The summed E-state index contributed by atoms with van der Waals surface area (Å²) >= 11 is 0. The summed E-state index contributed by atoms with van der Waals surface area (Å²) in [6.45, 7) is 1.83. The average Bonchev–Trinajstić information content (AvgIpc) is 2.63. The van der Waals surface area contributed by atoms with Gasteiger partial charge in [-0.05, 0) is 12.5 Å². The maximum Gasteiger partial charge on any atom is 0.325 e. The molecular weight excluding hydrogens is 249 g/mol. The molecule has 1 atom stereocenters. The Morgan fingerprint density at radius 2 is 2.16 bits per heavy atom. The fourth-order valence-electron chi connectivity index (χ4n) is 2.10. The van der Waals surface area contributed by atoms with Gasteiger partial charge < -0.3 is 11.1 Å². The van der Waals surface area contributed by atoms with E-state index in [1.165, 1.54) is 12.1 Å². The molecule has 19 heavy (non-hydrogen) atoms. The monoisotopic (exact) mass is 265 g/mol. The topological polar surface area (TPSA) is 75.4 Å². The SMILES string of the molecule is CCCC1NC(=O)N(Cc2cccc(N)c2F)C1=O. The number of nitrogens with two attached hydrogens (primary N) is 1. The molecule has 5 nitrogen and oxygen atoms in total. The fraction of sp³-hybridized carbons (Fsp3) is 0.385. The van der Waals surface area contributed by atoms with Gasteiger partial charge >= 0.3 is 6.03 Å². The Morgan fingerprint density at radius 1 is 1.42 bits per heavy atom. The van der Waals surface area contributed by atoms with Crippen molar-refractivity contribution >= 4 is 17.6 Å². The van der Waals surface area contributed by atoms with Crippen molar-refractivity contribution in [2.24, 2.45) is 0 Å². The fourth-order valence-corrected chi connectivity index (χ4v) is 2.10. The molecule has 6 heteroatoms. The first-order valence-corrected chi connectivity index (χ1v) is 6.19. The number of carbonyl (C=O) groups excluding carboxylic acids is 2. The van der Waals surface area contributed by atoms with E-state index in [4.69, 9.17) is 5.73 Å². The highest BCUT2D eigenvalue weighted by atomic mass is 19.1. The van der Waals surface area contributed by atoms with Gasteiger partial charge in [0, 0.05) is 5.56 Å². The molecule has 102 valence electrons. The van der Waals surface area contributed by atoms with E-state index >= 15 is 0 Å². The lowest BCUT2D eigenvalue weighted by Crippen LogP contribution is -2.31. The van der Waals surface area contributed by atoms with Crippen LogP contribution in [0.1, 0.15) is 25.3 Å². The number of hydrogen-bond donors (Lipinski definition) is 2. The Kier molecular flexibility index (Phi) is 3.69. The third-order valence-corrected chi connectivity index (χ3v) is 3.12. The van der Waals surface area contributed by atoms with Crippen LogP contribution in [-0.4, -0.2) is 22.9 Å². The first kappa shape index (κ1) is 13.3. The Labute approximate surface area is 110 Å². The normalized spacial score (nSPS) is 18.8. The molecule has 2 rings (SSSR count). The number of nitrogens with one attached hydrogen (secondary N) is 1. The van der Waals surface area contributed by atoms with Crippen molar-refractivity contribution in [1.82, 2.24) is 10.2 Å². The molecule has 0 saturated carbocycles. The lowest BCUT2D eigenvalue weighted by atomic mass is 10.1.